The van der Waals surface area contributed by atoms with E-state index in [0.29, 0.717) is 41.1 Å². The number of anilines is 1. The van der Waals surface area contributed by atoms with E-state index in [9.17, 15) is 9.59 Å². The molecule has 0 aliphatic carbocycles. The van der Waals surface area contributed by atoms with Gasteiger partial charge < -0.3 is 15.0 Å². The van der Waals surface area contributed by atoms with Crippen LogP contribution in [0.25, 0.3) is 16.6 Å². The number of carbonyl (C=O) groups is 1. The SMILES string of the molecule is CCOc1ccc(-n2c(C(CC)N(C)C(=O)Nc3ccccc3Br)nc3ccccc3c2=O)cc1. The standard InChI is InChI=1S/C27H27BrN4O3/c1-4-24(31(3)27(34)30-23-13-9-7-11-21(23)28)25-29-22-12-8-6-10-20(22)26(33)32(25)18-14-16-19(17-15-18)35-5-2/h6-17,24H,4-5H2,1-3H3,(H,30,34). The van der Waals surface area contributed by atoms with Gasteiger partial charge >= 0.3 is 6.03 Å². The number of nitrogens with one attached hydrogen (secondary N) is 1. The number of rotatable bonds is 7. The fraction of sp³-hybridized carbons (Fsp3) is 0.222. The molecule has 35 heavy (non-hydrogen) atoms. The number of hydrogen-bond acceptors (Lipinski definition) is 4. The summed E-state index contributed by atoms with van der Waals surface area (Å²) in [4.78, 5) is 33.3. The van der Waals surface area contributed by atoms with Crippen LogP contribution >= 0.6 is 15.9 Å². The fourth-order valence-electron chi connectivity index (χ4n) is 4.02. The van der Waals surface area contributed by atoms with E-state index in [1.165, 1.54) is 0 Å². The number of halogens is 1. The van der Waals surface area contributed by atoms with Crippen molar-refractivity contribution in [1.29, 1.82) is 0 Å². The van der Waals surface area contributed by atoms with E-state index in [4.69, 9.17) is 9.72 Å². The molecule has 4 rings (SSSR count). The smallest absolute Gasteiger partial charge is 0.322 e. The van der Waals surface area contributed by atoms with Gasteiger partial charge in [-0.2, -0.15) is 0 Å². The molecule has 0 aliphatic rings. The van der Waals surface area contributed by atoms with Crippen molar-refractivity contribution in [2.24, 2.45) is 0 Å². The maximum Gasteiger partial charge on any atom is 0.322 e. The van der Waals surface area contributed by atoms with Crippen molar-refractivity contribution in [3.8, 4) is 11.4 Å². The minimum atomic E-state index is -0.457. The number of hydrogen-bond donors (Lipinski definition) is 1. The average molecular weight is 535 g/mol. The van der Waals surface area contributed by atoms with Gasteiger partial charge in [0.15, 0.2) is 0 Å². The molecule has 3 aromatic carbocycles. The molecule has 0 saturated heterocycles. The summed E-state index contributed by atoms with van der Waals surface area (Å²) in [5.41, 5.74) is 1.72. The molecule has 180 valence electrons. The van der Waals surface area contributed by atoms with Crippen molar-refractivity contribution in [3.63, 3.8) is 0 Å². The highest BCUT2D eigenvalue weighted by molar-refractivity contribution is 9.10. The topological polar surface area (TPSA) is 76.5 Å². The molecule has 4 aromatic rings. The molecular formula is C27H27BrN4O3. The van der Waals surface area contributed by atoms with Gasteiger partial charge in [0, 0.05) is 11.5 Å². The van der Waals surface area contributed by atoms with Crippen LogP contribution < -0.4 is 15.6 Å². The van der Waals surface area contributed by atoms with E-state index in [-0.39, 0.29) is 11.6 Å². The van der Waals surface area contributed by atoms with E-state index >= 15 is 0 Å². The van der Waals surface area contributed by atoms with Crippen LogP contribution in [-0.4, -0.2) is 34.1 Å². The maximum absolute atomic E-state index is 13.7. The molecule has 7 nitrogen and oxygen atoms in total. The molecule has 0 radical (unpaired) electrons. The first kappa shape index (κ1) is 24.5. The zero-order valence-corrected chi connectivity index (χ0v) is 21.5. The molecule has 1 unspecified atom stereocenters. The largest absolute Gasteiger partial charge is 0.494 e. The maximum atomic E-state index is 13.7. The van der Waals surface area contributed by atoms with Crippen molar-refractivity contribution in [2.75, 3.05) is 19.0 Å². The Morgan fingerprint density at radius 2 is 1.74 bits per heavy atom. The Morgan fingerprint density at radius 1 is 1.06 bits per heavy atom. The zero-order valence-electron chi connectivity index (χ0n) is 19.9. The monoisotopic (exact) mass is 534 g/mol. The number of nitrogens with zero attached hydrogens (tertiary/aromatic N) is 3. The number of benzene rings is 3. The van der Waals surface area contributed by atoms with E-state index in [1.807, 2.05) is 80.6 Å². The summed E-state index contributed by atoms with van der Waals surface area (Å²) in [6.07, 6.45) is 0.557. The minimum absolute atomic E-state index is 0.187. The summed E-state index contributed by atoms with van der Waals surface area (Å²) < 4.78 is 7.94. The van der Waals surface area contributed by atoms with Crippen LogP contribution in [-0.2, 0) is 0 Å². The predicted octanol–water partition coefficient (Wildman–Crippen LogP) is 6.16. The summed E-state index contributed by atoms with van der Waals surface area (Å²) in [7, 11) is 1.71. The molecule has 0 fully saturated rings. The first-order chi connectivity index (χ1) is 16.9. The Hall–Kier alpha value is -3.65. The minimum Gasteiger partial charge on any atom is -0.494 e. The lowest BCUT2D eigenvalue weighted by Gasteiger charge is -2.29. The van der Waals surface area contributed by atoms with Crippen LogP contribution in [0.4, 0.5) is 10.5 Å². The van der Waals surface area contributed by atoms with Crippen LogP contribution in [0.5, 0.6) is 5.75 Å². The molecule has 1 atom stereocenters. The third-order valence-corrected chi connectivity index (χ3v) is 6.49. The van der Waals surface area contributed by atoms with Crippen LogP contribution in [0, 0.1) is 0 Å². The Labute approximate surface area is 212 Å². The van der Waals surface area contributed by atoms with E-state index in [1.54, 1.807) is 22.6 Å². The first-order valence-corrected chi connectivity index (χ1v) is 12.3. The van der Waals surface area contributed by atoms with Crippen molar-refractivity contribution < 1.29 is 9.53 Å². The highest BCUT2D eigenvalue weighted by Crippen LogP contribution is 2.27. The third kappa shape index (κ3) is 5.07. The second-order valence-corrected chi connectivity index (χ2v) is 8.85. The molecule has 1 N–H and O–H groups in total. The third-order valence-electron chi connectivity index (χ3n) is 5.80. The van der Waals surface area contributed by atoms with Gasteiger partial charge in [-0.1, -0.05) is 31.2 Å². The summed E-state index contributed by atoms with van der Waals surface area (Å²) in [5.74, 6) is 1.21. The predicted molar refractivity (Wildman–Crippen MR) is 142 cm³/mol. The van der Waals surface area contributed by atoms with Gasteiger partial charge in [0.05, 0.1) is 34.9 Å². The molecule has 0 saturated carbocycles. The van der Waals surface area contributed by atoms with Crippen LogP contribution in [0.15, 0.2) is 82.1 Å². The number of urea groups is 1. The van der Waals surface area contributed by atoms with Crippen LogP contribution in [0.2, 0.25) is 0 Å². The molecule has 2 amide bonds. The molecule has 8 heteroatoms. The van der Waals surface area contributed by atoms with Gasteiger partial charge in [0.1, 0.15) is 11.6 Å². The first-order valence-electron chi connectivity index (χ1n) is 11.5. The van der Waals surface area contributed by atoms with Gasteiger partial charge in [-0.05, 0) is 77.8 Å². The molecule has 0 aliphatic heterocycles. The summed E-state index contributed by atoms with van der Waals surface area (Å²) in [6.45, 7) is 4.44. The number of carbonyl (C=O) groups excluding carboxylic acids is 1. The van der Waals surface area contributed by atoms with Crippen molar-refractivity contribution in [1.82, 2.24) is 14.5 Å². The highest BCUT2D eigenvalue weighted by atomic mass is 79.9. The summed E-state index contributed by atoms with van der Waals surface area (Å²) >= 11 is 3.47. The quantitative estimate of drug-likeness (QED) is 0.308. The van der Waals surface area contributed by atoms with E-state index in [2.05, 4.69) is 21.2 Å². The zero-order chi connectivity index (χ0) is 24.9. The second kappa shape index (κ2) is 10.7. The lowest BCUT2D eigenvalue weighted by Crippen LogP contribution is -2.38. The Bertz CT molecular complexity index is 1400. The van der Waals surface area contributed by atoms with Crippen molar-refractivity contribution in [2.45, 2.75) is 26.3 Å². The van der Waals surface area contributed by atoms with Gasteiger partial charge in [-0.25, -0.2) is 9.78 Å². The lowest BCUT2D eigenvalue weighted by atomic mass is 10.1. The normalized spacial score (nSPS) is 11.8. The lowest BCUT2D eigenvalue weighted by molar-refractivity contribution is 0.199. The number of para-hydroxylation sites is 2. The average Bonchev–Trinajstić information content (AvgIpc) is 2.87. The fourth-order valence-corrected chi connectivity index (χ4v) is 4.40. The molecular weight excluding hydrogens is 508 g/mol. The number of ether oxygens (including phenoxy) is 1. The van der Waals surface area contributed by atoms with Gasteiger partial charge in [-0.3, -0.25) is 9.36 Å². The van der Waals surface area contributed by atoms with E-state index in [0.717, 1.165) is 10.2 Å². The molecule has 0 spiro atoms. The molecule has 0 bridgehead atoms. The second-order valence-electron chi connectivity index (χ2n) is 8.00. The van der Waals surface area contributed by atoms with Crippen LogP contribution in [0.1, 0.15) is 32.1 Å². The Kier molecular flexibility index (Phi) is 7.51. The summed E-state index contributed by atoms with van der Waals surface area (Å²) in [6, 6.07) is 21.2. The number of amides is 2. The van der Waals surface area contributed by atoms with Gasteiger partial charge in [0.25, 0.3) is 5.56 Å². The highest BCUT2D eigenvalue weighted by Gasteiger charge is 2.27. The van der Waals surface area contributed by atoms with Gasteiger partial charge in [0.2, 0.25) is 0 Å². The number of fused-ring (bicyclic) bond motifs is 1. The Balaban J connectivity index is 1.81. The molecule has 1 heterocycles. The summed E-state index contributed by atoms with van der Waals surface area (Å²) in [5, 5.41) is 3.45. The van der Waals surface area contributed by atoms with Gasteiger partial charge in [-0.15, -0.1) is 0 Å². The molecule has 1 aromatic heterocycles. The Morgan fingerprint density at radius 3 is 2.43 bits per heavy atom. The van der Waals surface area contributed by atoms with Crippen molar-refractivity contribution in [3.05, 3.63) is 93.4 Å². The van der Waals surface area contributed by atoms with Crippen LogP contribution in [0.3, 0.4) is 0 Å². The van der Waals surface area contributed by atoms with Crippen molar-refractivity contribution >= 4 is 38.6 Å². The van der Waals surface area contributed by atoms with E-state index < -0.39 is 6.04 Å². The number of aromatic nitrogens is 2.